The number of nitrogens with two attached hydrogens (primary N) is 1. The van der Waals surface area contributed by atoms with Crippen LogP contribution in [0, 0.1) is 10.8 Å². The van der Waals surface area contributed by atoms with Crippen molar-refractivity contribution in [3.63, 3.8) is 0 Å². The van der Waals surface area contributed by atoms with Gasteiger partial charge in [0, 0.05) is 47.8 Å². The van der Waals surface area contributed by atoms with Crippen molar-refractivity contribution in [2.24, 2.45) is 16.0 Å². The van der Waals surface area contributed by atoms with Crippen LogP contribution in [0.2, 0.25) is 0 Å². The summed E-state index contributed by atoms with van der Waals surface area (Å²) in [7, 11) is -3.80. The lowest BCUT2D eigenvalue weighted by atomic mass is 9.63. The molecule has 2 N–H and O–H groups in total. The zero-order valence-corrected chi connectivity index (χ0v) is 22.7. The molecule has 2 aliphatic carbocycles. The average Bonchev–Trinajstić information content (AvgIpc) is 2.79. The number of ketones is 2. The van der Waals surface area contributed by atoms with Gasteiger partial charge in [-0.25, -0.2) is 13.6 Å². The molecule has 0 fully saturated rings. The molecule has 194 valence electrons. The van der Waals surface area contributed by atoms with Crippen molar-refractivity contribution in [2.45, 2.75) is 70.7 Å². The third kappa shape index (κ3) is 4.82. The van der Waals surface area contributed by atoms with Gasteiger partial charge in [0.05, 0.1) is 4.90 Å². The van der Waals surface area contributed by atoms with Crippen LogP contribution in [0.25, 0.3) is 0 Å². The number of sulfonamides is 1. The molecule has 0 saturated heterocycles. The quantitative estimate of drug-likeness (QED) is 0.599. The van der Waals surface area contributed by atoms with E-state index < -0.39 is 10.0 Å². The van der Waals surface area contributed by atoms with Crippen LogP contribution in [-0.2, 0) is 26.2 Å². The topological polar surface area (TPSA) is 97.5 Å². The normalized spacial score (nSPS) is 21.7. The van der Waals surface area contributed by atoms with E-state index in [2.05, 4.69) is 32.6 Å². The van der Waals surface area contributed by atoms with Crippen molar-refractivity contribution < 1.29 is 18.0 Å². The van der Waals surface area contributed by atoms with Crippen LogP contribution in [0.3, 0.4) is 0 Å². The molecule has 1 aliphatic heterocycles. The van der Waals surface area contributed by atoms with Crippen LogP contribution in [-0.4, -0.2) is 24.9 Å². The smallest absolute Gasteiger partial charge is 0.238 e. The highest BCUT2D eigenvalue weighted by atomic mass is 32.2. The zero-order valence-electron chi connectivity index (χ0n) is 21.9. The second-order valence-corrected chi connectivity index (χ2v) is 13.8. The summed E-state index contributed by atoms with van der Waals surface area (Å²) >= 11 is 0. The molecule has 0 amide bonds. The Balaban J connectivity index is 1.71. The summed E-state index contributed by atoms with van der Waals surface area (Å²) in [6, 6.07) is 16.4. The van der Waals surface area contributed by atoms with E-state index in [0.717, 1.165) is 46.5 Å². The number of hydrogen-bond donors (Lipinski definition) is 1. The van der Waals surface area contributed by atoms with Crippen LogP contribution in [0.5, 0.6) is 0 Å². The molecule has 37 heavy (non-hydrogen) atoms. The highest BCUT2D eigenvalue weighted by molar-refractivity contribution is 7.89. The fraction of sp³-hybridized carbons (Fsp3) is 0.400. The lowest BCUT2D eigenvalue weighted by Gasteiger charge is -2.49. The average molecular weight is 519 g/mol. The number of carbonyl (C=O) groups excluding carboxylic acids is 2. The first-order valence-electron chi connectivity index (χ1n) is 12.7. The molecule has 0 spiro atoms. The van der Waals surface area contributed by atoms with E-state index in [1.807, 2.05) is 30.3 Å². The SMILES string of the molecule is CC1(C)CC(=O)C2=C(C1)N(Cc1ccc(S(N)(=O)=O)cc1)C1=C(C(=O)CC(C)(C)C1)C2c1ccccc1. The van der Waals surface area contributed by atoms with Gasteiger partial charge in [0.1, 0.15) is 0 Å². The van der Waals surface area contributed by atoms with Gasteiger partial charge < -0.3 is 4.90 Å². The Morgan fingerprint density at radius 3 is 1.73 bits per heavy atom. The number of primary sulfonamides is 1. The standard InChI is InChI=1S/C30H34N2O4S/c1-29(2)14-22-27(24(33)16-29)26(20-8-6-5-7-9-20)28-23(15-30(3,4)17-25(28)34)32(22)18-19-10-12-21(13-11-19)37(31,35)36/h5-13,26H,14-18H2,1-4H3,(H2,31,35,36). The van der Waals surface area contributed by atoms with Gasteiger partial charge in [-0.3, -0.25) is 9.59 Å². The van der Waals surface area contributed by atoms with Gasteiger partial charge in [-0.2, -0.15) is 0 Å². The van der Waals surface area contributed by atoms with Gasteiger partial charge >= 0.3 is 0 Å². The first-order chi connectivity index (χ1) is 17.3. The van der Waals surface area contributed by atoms with Crippen LogP contribution >= 0.6 is 0 Å². The van der Waals surface area contributed by atoms with Crippen molar-refractivity contribution in [3.05, 3.63) is 88.3 Å². The summed E-state index contributed by atoms with van der Waals surface area (Å²) in [4.78, 5) is 29.8. The Kier molecular flexibility index (Phi) is 6.07. The summed E-state index contributed by atoms with van der Waals surface area (Å²) < 4.78 is 23.5. The van der Waals surface area contributed by atoms with Crippen molar-refractivity contribution >= 4 is 21.6 Å². The van der Waals surface area contributed by atoms with Crippen LogP contribution in [0.15, 0.2) is 82.0 Å². The lowest BCUT2D eigenvalue weighted by Crippen LogP contribution is -2.44. The largest absolute Gasteiger partial charge is 0.343 e. The summed E-state index contributed by atoms with van der Waals surface area (Å²) in [6.07, 6.45) is 2.32. The molecule has 2 aromatic carbocycles. The number of Topliss-reactive ketones (excluding diaryl/α,β-unsaturated/α-hetero) is 2. The molecule has 3 aliphatic rings. The van der Waals surface area contributed by atoms with Gasteiger partial charge in [-0.05, 0) is 46.9 Å². The first kappa shape index (κ1) is 25.6. The highest BCUT2D eigenvalue weighted by Crippen LogP contribution is 2.54. The van der Waals surface area contributed by atoms with Gasteiger partial charge in [-0.1, -0.05) is 70.2 Å². The number of nitrogens with zero attached hydrogens (tertiary/aromatic N) is 1. The number of benzene rings is 2. The Bertz CT molecular complexity index is 1390. The predicted molar refractivity (Wildman–Crippen MR) is 143 cm³/mol. The van der Waals surface area contributed by atoms with Crippen LogP contribution in [0.1, 0.15) is 70.4 Å². The maximum atomic E-state index is 13.8. The minimum absolute atomic E-state index is 0.0572. The Hall–Kier alpha value is -3.03. The molecule has 0 unspecified atom stereocenters. The fourth-order valence-electron chi connectivity index (χ4n) is 6.18. The summed E-state index contributed by atoms with van der Waals surface area (Å²) in [5.41, 5.74) is 4.87. The molecule has 0 saturated carbocycles. The van der Waals surface area contributed by atoms with Crippen LogP contribution < -0.4 is 5.14 Å². The summed E-state index contributed by atoms with van der Waals surface area (Å²) in [5.74, 6) is -0.169. The second-order valence-electron chi connectivity index (χ2n) is 12.2. The minimum atomic E-state index is -3.80. The number of allylic oxidation sites excluding steroid dienone is 4. The molecule has 2 aromatic rings. The Morgan fingerprint density at radius 2 is 1.27 bits per heavy atom. The van der Waals surface area contributed by atoms with E-state index in [4.69, 9.17) is 5.14 Å². The molecular weight excluding hydrogens is 484 g/mol. The highest BCUT2D eigenvalue weighted by Gasteiger charge is 2.48. The zero-order chi connectivity index (χ0) is 26.8. The van der Waals surface area contributed by atoms with E-state index >= 15 is 0 Å². The Morgan fingerprint density at radius 1 is 0.784 bits per heavy atom. The van der Waals surface area contributed by atoms with Gasteiger partial charge in [0.15, 0.2) is 11.6 Å². The molecular formula is C30H34N2O4S. The van der Waals surface area contributed by atoms with Gasteiger partial charge in [0.25, 0.3) is 0 Å². The third-order valence-corrected chi connectivity index (χ3v) is 8.68. The summed E-state index contributed by atoms with van der Waals surface area (Å²) in [6.45, 7) is 8.91. The minimum Gasteiger partial charge on any atom is -0.343 e. The molecule has 6 nitrogen and oxygen atoms in total. The number of carbonyl (C=O) groups is 2. The monoisotopic (exact) mass is 518 g/mol. The molecule has 0 radical (unpaired) electrons. The van der Waals surface area contributed by atoms with E-state index in [1.54, 1.807) is 12.1 Å². The number of hydrogen-bond acceptors (Lipinski definition) is 5. The van der Waals surface area contributed by atoms with Crippen molar-refractivity contribution in [2.75, 3.05) is 0 Å². The first-order valence-corrected chi connectivity index (χ1v) is 14.3. The van der Waals surface area contributed by atoms with E-state index in [-0.39, 0.29) is 33.2 Å². The van der Waals surface area contributed by atoms with E-state index in [0.29, 0.717) is 19.4 Å². The predicted octanol–water partition coefficient (Wildman–Crippen LogP) is 5.22. The van der Waals surface area contributed by atoms with Crippen molar-refractivity contribution in [3.8, 4) is 0 Å². The lowest BCUT2D eigenvalue weighted by molar-refractivity contribution is -0.119. The summed E-state index contributed by atoms with van der Waals surface area (Å²) in [5, 5.41) is 5.30. The Labute approximate surface area is 219 Å². The van der Waals surface area contributed by atoms with E-state index in [1.165, 1.54) is 12.1 Å². The molecule has 0 aromatic heterocycles. The maximum absolute atomic E-state index is 13.8. The van der Waals surface area contributed by atoms with E-state index in [9.17, 15) is 18.0 Å². The fourth-order valence-corrected chi connectivity index (χ4v) is 6.70. The molecule has 0 atom stereocenters. The van der Waals surface area contributed by atoms with Crippen molar-refractivity contribution in [1.82, 2.24) is 4.90 Å². The van der Waals surface area contributed by atoms with Crippen molar-refractivity contribution in [1.29, 1.82) is 0 Å². The third-order valence-electron chi connectivity index (χ3n) is 7.75. The molecule has 1 heterocycles. The van der Waals surface area contributed by atoms with Gasteiger partial charge in [0.2, 0.25) is 10.0 Å². The molecule has 5 rings (SSSR count). The molecule has 0 bridgehead atoms. The second kappa shape index (κ2) is 8.77. The van der Waals surface area contributed by atoms with Crippen LogP contribution in [0.4, 0.5) is 0 Å². The maximum Gasteiger partial charge on any atom is 0.238 e. The van der Waals surface area contributed by atoms with Gasteiger partial charge in [-0.15, -0.1) is 0 Å². The number of rotatable bonds is 4. The molecule has 7 heteroatoms.